The Morgan fingerprint density at radius 1 is 1.62 bits per heavy atom. The van der Waals surface area contributed by atoms with Crippen molar-refractivity contribution in [1.82, 2.24) is 0 Å². The minimum Gasteiger partial charge on any atom is -0.324 e. The molecule has 0 radical (unpaired) electrons. The number of fused-ring (bicyclic) bond motifs is 1. The number of halogens is 1. The van der Waals surface area contributed by atoms with E-state index < -0.39 is 0 Å². The lowest BCUT2D eigenvalue weighted by molar-refractivity contribution is 0.727. The van der Waals surface area contributed by atoms with Gasteiger partial charge in [0, 0.05) is 11.3 Å². The van der Waals surface area contributed by atoms with E-state index in [9.17, 15) is 0 Å². The molecule has 2 aliphatic rings. The molecule has 8 heavy (non-hydrogen) atoms. The standard InChI is InChI=1S/C5H9NS.ClH/c6-5-1-4(5)2-7-3-5;/h4H,1-3,6H2;1H. The summed E-state index contributed by atoms with van der Waals surface area (Å²) >= 11 is 2.01. The van der Waals surface area contributed by atoms with Gasteiger partial charge in [-0.3, -0.25) is 0 Å². The molecule has 0 bridgehead atoms. The Bertz CT molecular complexity index is 107. The lowest BCUT2D eigenvalue weighted by Gasteiger charge is -1.97. The van der Waals surface area contributed by atoms with Gasteiger partial charge >= 0.3 is 0 Å². The minimum absolute atomic E-state index is 0. The molecule has 0 aromatic heterocycles. The van der Waals surface area contributed by atoms with Crippen LogP contribution in [0.15, 0.2) is 0 Å². The molecule has 48 valence electrons. The molecule has 1 heterocycles. The van der Waals surface area contributed by atoms with Crippen LogP contribution in [0.1, 0.15) is 6.42 Å². The summed E-state index contributed by atoms with van der Waals surface area (Å²) in [7, 11) is 0. The first kappa shape index (κ1) is 6.72. The van der Waals surface area contributed by atoms with E-state index in [-0.39, 0.29) is 12.4 Å². The zero-order valence-electron chi connectivity index (χ0n) is 4.59. The molecule has 0 aromatic rings. The number of nitrogens with two attached hydrogens (primary N) is 1. The van der Waals surface area contributed by atoms with Gasteiger partial charge in [-0.2, -0.15) is 11.8 Å². The van der Waals surface area contributed by atoms with E-state index >= 15 is 0 Å². The maximum Gasteiger partial charge on any atom is 0.0286 e. The third-order valence-electron chi connectivity index (χ3n) is 1.97. The van der Waals surface area contributed by atoms with Crippen LogP contribution in [0, 0.1) is 5.92 Å². The smallest absolute Gasteiger partial charge is 0.0286 e. The van der Waals surface area contributed by atoms with Crippen molar-refractivity contribution < 1.29 is 0 Å². The average Bonchev–Trinajstić information content (AvgIpc) is 2.09. The molecule has 0 aromatic carbocycles. The van der Waals surface area contributed by atoms with Gasteiger partial charge in [-0.25, -0.2) is 0 Å². The van der Waals surface area contributed by atoms with Gasteiger partial charge in [0.15, 0.2) is 0 Å². The van der Waals surface area contributed by atoms with Crippen LogP contribution in [0.2, 0.25) is 0 Å². The molecule has 1 aliphatic heterocycles. The summed E-state index contributed by atoms with van der Waals surface area (Å²) in [5.41, 5.74) is 6.16. The number of hydrogen-bond acceptors (Lipinski definition) is 2. The minimum atomic E-state index is 0. The van der Waals surface area contributed by atoms with Crippen molar-refractivity contribution >= 4 is 24.2 Å². The van der Waals surface area contributed by atoms with Crippen LogP contribution < -0.4 is 5.73 Å². The highest BCUT2D eigenvalue weighted by atomic mass is 35.5. The normalized spacial score (nSPS) is 49.9. The van der Waals surface area contributed by atoms with Crippen LogP contribution in [0.25, 0.3) is 0 Å². The molecule has 2 N–H and O–H groups in total. The second-order valence-electron chi connectivity index (χ2n) is 2.65. The van der Waals surface area contributed by atoms with Crippen LogP contribution in [-0.4, -0.2) is 17.0 Å². The Kier molecular flexibility index (Phi) is 1.50. The van der Waals surface area contributed by atoms with Crippen LogP contribution in [0.5, 0.6) is 0 Å². The molecule has 3 heteroatoms. The summed E-state index contributed by atoms with van der Waals surface area (Å²) < 4.78 is 0. The summed E-state index contributed by atoms with van der Waals surface area (Å²) in [5.74, 6) is 3.45. The maximum absolute atomic E-state index is 5.83. The molecule has 2 fully saturated rings. The van der Waals surface area contributed by atoms with Crippen molar-refractivity contribution in [1.29, 1.82) is 0 Å². The van der Waals surface area contributed by atoms with Crippen LogP contribution >= 0.6 is 24.2 Å². The lowest BCUT2D eigenvalue weighted by Crippen LogP contribution is -2.24. The van der Waals surface area contributed by atoms with Gasteiger partial charge in [0.05, 0.1) is 0 Å². The van der Waals surface area contributed by atoms with Gasteiger partial charge in [0.2, 0.25) is 0 Å². The number of rotatable bonds is 0. The first-order valence-corrected chi connectivity index (χ1v) is 3.83. The Labute approximate surface area is 59.8 Å². The maximum atomic E-state index is 5.83. The van der Waals surface area contributed by atoms with Crippen molar-refractivity contribution in [3.63, 3.8) is 0 Å². The van der Waals surface area contributed by atoms with Crippen molar-refractivity contribution in [2.24, 2.45) is 11.7 Å². The van der Waals surface area contributed by atoms with E-state index in [4.69, 9.17) is 5.73 Å². The van der Waals surface area contributed by atoms with Gasteiger partial charge in [-0.1, -0.05) is 0 Å². The molecular formula is C5H10ClNS. The average molecular weight is 152 g/mol. The highest BCUT2D eigenvalue weighted by Gasteiger charge is 2.54. The van der Waals surface area contributed by atoms with Gasteiger partial charge in [0.25, 0.3) is 0 Å². The van der Waals surface area contributed by atoms with E-state index in [1.807, 2.05) is 11.8 Å². The predicted molar refractivity (Wildman–Crippen MR) is 39.6 cm³/mol. The SMILES string of the molecule is Cl.NC12CSCC1C2. The molecule has 0 amide bonds. The molecule has 1 aliphatic carbocycles. The van der Waals surface area contributed by atoms with E-state index in [0.29, 0.717) is 5.54 Å². The molecule has 2 rings (SSSR count). The molecular weight excluding hydrogens is 142 g/mol. The molecule has 2 unspecified atom stereocenters. The van der Waals surface area contributed by atoms with E-state index in [0.717, 1.165) is 5.92 Å². The third kappa shape index (κ3) is 0.751. The monoisotopic (exact) mass is 151 g/mol. The topological polar surface area (TPSA) is 26.0 Å². The Hall–Kier alpha value is 0.600. The summed E-state index contributed by atoms with van der Waals surface area (Å²) in [4.78, 5) is 0. The summed E-state index contributed by atoms with van der Waals surface area (Å²) in [6, 6.07) is 0. The fraction of sp³-hybridized carbons (Fsp3) is 1.00. The first-order chi connectivity index (χ1) is 3.31. The van der Waals surface area contributed by atoms with E-state index in [1.165, 1.54) is 17.9 Å². The highest BCUT2D eigenvalue weighted by molar-refractivity contribution is 7.99. The van der Waals surface area contributed by atoms with Gasteiger partial charge in [-0.05, 0) is 18.1 Å². The predicted octanol–water partition coefficient (Wildman–Crippen LogP) is 0.872. The van der Waals surface area contributed by atoms with Crippen molar-refractivity contribution in [2.45, 2.75) is 12.0 Å². The second kappa shape index (κ2) is 1.79. The number of thioether (sulfide) groups is 1. The zero-order chi connectivity index (χ0) is 4.91. The molecule has 2 atom stereocenters. The molecule has 1 nitrogen and oxygen atoms in total. The zero-order valence-corrected chi connectivity index (χ0v) is 6.23. The van der Waals surface area contributed by atoms with Crippen LogP contribution in [-0.2, 0) is 0 Å². The van der Waals surface area contributed by atoms with Crippen LogP contribution in [0.4, 0.5) is 0 Å². The fourth-order valence-corrected chi connectivity index (χ4v) is 2.78. The summed E-state index contributed by atoms with van der Waals surface area (Å²) in [6.07, 6.45) is 1.31. The van der Waals surface area contributed by atoms with E-state index in [2.05, 4.69) is 0 Å². The van der Waals surface area contributed by atoms with Gasteiger partial charge in [0.1, 0.15) is 0 Å². The fourth-order valence-electron chi connectivity index (χ4n) is 1.19. The van der Waals surface area contributed by atoms with Crippen molar-refractivity contribution in [3.8, 4) is 0 Å². The number of hydrogen-bond donors (Lipinski definition) is 1. The Morgan fingerprint density at radius 2 is 2.38 bits per heavy atom. The Morgan fingerprint density at radius 3 is 2.50 bits per heavy atom. The first-order valence-electron chi connectivity index (χ1n) is 2.68. The third-order valence-corrected chi connectivity index (χ3v) is 3.35. The van der Waals surface area contributed by atoms with Crippen LogP contribution in [0.3, 0.4) is 0 Å². The largest absolute Gasteiger partial charge is 0.324 e. The van der Waals surface area contributed by atoms with Crippen molar-refractivity contribution in [3.05, 3.63) is 0 Å². The highest BCUT2D eigenvalue weighted by Crippen LogP contribution is 2.51. The second-order valence-corrected chi connectivity index (χ2v) is 3.68. The Balaban J connectivity index is 0.000000320. The summed E-state index contributed by atoms with van der Waals surface area (Å²) in [6.45, 7) is 0. The summed E-state index contributed by atoms with van der Waals surface area (Å²) in [5, 5.41) is 0. The molecule has 0 spiro atoms. The van der Waals surface area contributed by atoms with Crippen molar-refractivity contribution in [2.75, 3.05) is 11.5 Å². The van der Waals surface area contributed by atoms with Gasteiger partial charge in [-0.15, -0.1) is 12.4 Å². The van der Waals surface area contributed by atoms with E-state index in [1.54, 1.807) is 0 Å². The molecule has 1 saturated heterocycles. The lowest BCUT2D eigenvalue weighted by atomic mass is 10.3. The quantitative estimate of drug-likeness (QED) is 0.556. The molecule has 1 saturated carbocycles. The van der Waals surface area contributed by atoms with Gasteiger partial charge < -0.3 is 5.73 Å².